The molecule has 0 N–H and O–H groups in total. The summed E-state index contributed by atoms with van der Waals surface area (Å²) in [6, 6.07) is 5.81. The highest BCUT2D eigenvalue weighted by molar-refractivity contribution is 9.10. The SMILES string of the molecule is COCCOCCOCc1cc(OC)ccc1Br. The first-order valence-electron chi connectivity index (χ1n) is 5.74. The van der Waals surface area contributed by atoms with Crippen LogP contribution in [0.3, 0.4) is 0 Å². The predicted molar refractivity (Wildman–Crippen MR) is 73.0 cm³/mol. The quantitative estimate of drug-likeness (QED) is 0.656. The fourth-order valence-electron chi connectivity index (χ4n) is 1.33. The Balaban J connectivity index is 2.22. The minimum atomic E-state index is 0.533. The monoisotopic (exact) mass is 318 g/mol. The second-order valence-corrected chi connectivity index (χ2v) is 4.47. The summed E-state index contributed by atoms with van der Waals surface area (Å²) >= 11 is 3.48. The van der Waals surface area contributed by atoms with Crippen LogP contribution in [-0.2, 0) is 20.8 Å². The molecule has 1 aromatic carbocycles. The van der Waals surface area contributed by atoms with Crippen molar-refractivity contribution >= 4 is 15.9 Å². The Morgan fingerprint density at radius 1 is 1.00 bits per heavy atom. The Morgan fingerprint density at radius 3 is 2.44 bits per heavy atom. The summed E-state index contributed by atoms with van der Waals surface area (Å²) in [4.78, 5) is 0. The van der Waals surface area contributed by atoms with Crippen molar-refractivity contribution in [1.29, 1.82) is 0 Å². The first kappa shape index (κ1) is 15.4. The van der Waals surface area contributed by atoms with Crippen LogP contribution in [0.4, 0.5) is 0 Å². The van der Waals surface area contributed by atoms with Gasteiger partial charge in [0, 0.05) is 11.6 Å². The first-order chi connectivity index (χ1) is 8.77. The van der Waals surface area contributed by atoms with E-state index in [4.69, 9.17) is 18.9 Å². The second kappa shape index (κ2) is 9.33. The van der Waals surface area contributed by atoms with Crippen molar-refractivity contribution in [2.24, 2.45) is 0 Å². The number of halogens is 1. The molecule has 0 radical (unpaired) electrons. The molecule has 0 aliphatic carbocycles. The van der Waals surface area contributed by atoms with Crippen LogP contribution in [0.5, 0.6) is 5.75 Å². The molecule has 0 amide bonds. The summed E-state index contributed by atoms with van der Waals surface area (Å²) in [5.41, 5.74) is 1.06. The predicted octanol–water partition coefficient (Wildman–Crippen LogP) is 2.64. The first-order valence-corrected chi connectivity index (χ1v) is 6.54. The van der Waals surface area contributed by atoms with Gasteiger partial charge in [0.2, 0.25) is 0 Å². The molecule has 0 aromatic heterocycles. The topological polar surface area (TPSA) is 36.9 Å². The van der Waals surface area contributed by atoms with E-state index in [9.17, 15) is 0 Å². The van der Waals surface area contributed by atoms with E-state index < -0.39 is 0 Å². The fourth-order valence-corrected chi connectivity index (χ4v) is 1.69. The number of hydrogen-bond donors (Lipinski definition) is 0. The molecule has 0 aliphatic heterocycles. The van der Waals surface area contributed by atoms with Crippen LogP contribution in [0.25, 0.3) is 0 Å². The summed E-state index contributed by atoms with van der Waals surface area (Å²) in [5, 5.41) is 0. The molecule has 0 fully saturated rings. The van der Waals surface area contributed by atoms with Gasteiger partial charge in [0.15, 0.2) is 0 Å². The summed E-state index contributed by atoms with van der Waals surface area (Å²) in [5.74, 6) is 0.827. The van der Waals surface area contributed by atoms with E-state index in [1.54, 1.807) is 14.2 Å². The molecule has 1 rings (SSSR count). The highest BCUT2D eigenvalue weighted by Gasteiger charge is 2.02. The minimum Gasteiger partial charge on any atom is -0.497 e. The van der Waals surface area contributed by atoms with E-state index in [-0.39, 0.29) is 0 Å². The maximum absolute atomic E-state index is 5.53. The molecule has 0 saturated heterocycles. The molecule has 4 nitrogen and oxygen atoms in total. The summed E-state index contributed by atoms with van der Waals surface area (Å²) in [7, 11) is 3.30. The average molecular weight is 319 g/mol. The standard InChI is InChI=1S/C13H19BrO4/c1-15-5-6-17-7-8-18-10-11-9-12(16-2)3-4-13(11)14/h3-4,9H,5-8,10H2,1-2H3. The Labute approximate surface area is 116 Å². The zero-order valence-electron chi connectivity index (χ0n) is 10.8. The lowest BCUT2D eigenvalue weighted by Crippen LogP contribution is -2.08. The molecule has 0 heterocycles. The van der Waals surface area contributed by atoms with Crippen LogP contribution in [0.2, 0.25) is 0 Å². The molecule has 0 saturated carbocycles. The van der Waals surface area contributed by atoms with Crippen molar-refractivity contribution in [1.82, 2.24) is 0 Å². The Morgan fingerprint density at radius 2 is 1.72 bits per heavy atom. The molecule has 0 aliphatic rings. The number of rotatable bonds is 9. The largest absolute Gasteiger partial charge is 0.497 e. The number of methoxy groups -OCH3 is 2. The third kappa shape index (κ3) is 5.82. The van der Waals surface area contributed by atoms with Crippen LogP contribution in [0.1, 0.15) is 5.56 Å². The molecule has 102 valence electrons. The molecule has 0 bridgehead atoms. The second-order valence-electron chi connectivity index (χ2n) is 3.62. The molecule has 0 spiro atoms. The lowest BCUT2D eigenvalue weighted by Gasteiger charge is -2.08. The third-order valence-electron chi connectivity index (χ3n) is 2.31. The Bertz CT molecular complexity index is 344. The van der Waals surface area contributed by atoms with Crippen LogP contribution in [0, 0.1) is 0 Å². The van der Waals surface area contributed by atoms with Crippen LogP contribution < -0.4 is 4.74 Å². The molecule has 0 atom stereocenters. The molecule has 5 heteroatoms. The normalized spacial score (nSPS) is 10.6. The molecule has 1 aromatic rings. The van der Waals surface area contributed by atoms with Gasteiger partial charge in [-0.25, -0.2) is 0 Å². The minimum absolute atomic E-state index is 0.533. The number of hydrogen-bond acceptors (Lipinski definition) is 4. The van der Waals surface area contributed by atoms with Gasteiger partial charge in [-0.3, -0.25) is 0 Å². The number of benzene rings is 1. The third-order valence-corrected chi connectivity index (χ3v) is 3.09. The lowest BCUT2D eigenvalue weighted by atomic mass is 10.2. The molecule has 0 unspecified atom stereocenters. The molecular formula is C13H19BrO4. The van der Waals surface area contributed by atoms with Gasteiger partial charge in [0.25, 0.3) is 0 Å². The van der Waals surface area contributed by atoms with Crippen molar-refractivity contribution in [3.05, 3.63) is 28.2 Å². The van der Waals surface area contributed by atoms with E-state index in [0.717, 1.165) is 15.8 Å². The van der Waals surface area contributed by atoms with Gasteiger partial charge in [-0.05, 0) is 23.8 Å². The van der Waals surface area contributed by atoms with Crippen molar-refractivity contribution in [3.63, 3.8) is 0 Å². The highest BCUT2D eigenvalue weighted by atomic mass is 79.9. The summed E-state index contributed by atoms with van der Waals surface area (Å²) in [6.07, 6.45) is 0. The van der Waals surface area contributed by atoms with E-state index in [1.165, 1.54) is 0 Å². The highest BCUT2D eigenvalue weighted by Crippen LogP contribution is 2.22. The van der Waals surface area contributed by atoms with E-state index in [2.05, 4.69) is 15.9 Å². The Kier molecular flexibility index (Phi) is 8.00. The number of ether oxygens (including phenoxy) is 4. The lowest BCUT2D eigenvalue weighted by molar-refractivity contribution is 0.0198. The van der Waals surface area contributed by atoms with Crippen molar-refractivity contribution in [2.75, 3.05) is 40.6 Å². The maximum atomic E-state index is 5.53. The zero-order chi connectivity index (χ0) is 13.2. The fraction of sp³-hybridized carbons (Fsp3) is 0.538. The van der Waals surface area contributed by atoms with Crippen molar-refractivity contribution in [3.8, 4) is 5.75 Å². The molecular weight excluding hydrogens is 300 g/mol. The van der Waals surface area contributed by atoms with Crippen LogP contribution in [-0.4, -0.2) is 40.6 Å². The zero-order valence-corrected chi connectivity index (χ0v) is 12.4. The van der Waals surface area contributed by atoms with E-state index in [0.29, 0.717) is 33.0 Å². The van der Waals surface area contributed by atoms with Gasteiger partial charge in [0.05, 0.1) is 40.1 Å². The van der Waals surface area contributed by atoms with Crippen molar-refractivity contribution < 1.29 is 18.9 Å². The smallest absolute Gasteiger partial charge is 0.119 e. The van der Waals surface area contributed by atoms with Gasteiger partial charge in [-0.15, -0.1) is 0 Å². The van der Waals surface area contributed by atoms with Gasteiger partial charge >= 0.3 is 0 Å². The van der Waals surface area contributed by atoms with Gasteiger partial charge < -0.3 is 18.9 Å². The van der Waals surface area contributed by atoms with Gasteiger partial charge in [0.1, 0.15) is 5.75 Å². The maximum Gasteiger partial charge on any atom is 0.119 e. The van der Waals surface area contributed by atoms with Crippen LogP contribution >= 0.6 is 15.9 Å². The molecule has 18 heavy (non-hydrogen) atoms. The van der Waals surface area contributed by atoms with E-state index in [1.807, 2.05) is 18.2 Å². The Hall–Kier alpha value is -0.620. The average Bonchev–Trinajstić information content (AvgIpc) is 2.39. The summed E-state index contributed by atoms with van der Waals surface area (Å²) in [6.45, 7) is 2.88. The van der Waals surface area contributed by atoms with Gasteiger partial charge in [-0.1, -0.05) is 15.9 Å². The summed E-state index contributed by atoms with van der Waals surface area (Å²) < 4.78 is 21.9. The van der Waals surface area contributed by atoms with Gasteiger partial charge in [-0.2, -0.15) is 0 Å². The van der Waals surface area contributed by atoms with Crippen molar-refractivity contribution in [2.45, 2.75) is 6.61 Å². The van der Waals surface area contributed by atoms with E-state index >= 15 is 0 Å². The van der Waals surface area contributed by atoms with Crippen LogP contribution in [0.15, 0.2) is 22.7 Å².